The van der Waals surface area contributed by atoms with Gasteiger partial charge in [-0.05, 0) is 5.56 Å². The minimum absolute atomic E-state index is 0.00617. The normalized spacial score (nSPS) is 24.9. The van der Waals surface area contributed by atoms with Crippen LogP contribution in [0.3, 0.4) is 0 Å². The molecule has 2 amide bonds. The van der Waals surface area contributed by atoms with Gasteiger partial charge < -0.3 is 25.2 Å². The van der Waals surface area contributed by atoms with Gasteiger partial charge in [-0.15, -0.1) is 0 Å². The summed E-state index contributed by atoms with van der Waals surface area (Å²) in [6.45, 7) is -0.246. The van der Waals surface area contributed by atoms with E-state index in [0.717, 1.165) is 15.4 Å². The smallest absolute Gasteiger partial charge is 0.410 e. The highest BCUT2D eigenvalue weighted by Gasteiger charge is 2.47. The molecule has 1 fully saturated rings. The van der Waals surface area contributed by atoms with Crippen LogP contribution < -0.4 is 5.32 Å². The second kappa shape index (κ2) is 7.75. The molecule has 3 rings (SSSR count). The summed E-state index contributed by atoms with van der Waals surface area (Å²) in [4.78, 5) is 38.1. The van der Waals surface area contributed by atoms with Gasteiger partial charge in [0.15, 0.2) is 5.70 Å². The van der Waals surface area contributed by atoms with Gasteiger partial charge in [-0.25, -0.2) is 14.0 Å². The number of benzene rings is 1. The van der Waals surface area contributed by atoms with Gasteiger partial charge in [-0.1, -0.05) is 30.3 Å². The van der Waals surface area contributed by atoms with Crippen LogP contribution in [0, 0.1) is 0 Å². The number of aliphatic carboxylic acids is 1. The molecule has 2 aliphatic rings. The van der Waals surface area contributed by atoms with E-state index < -0.39 is 47.8 Å². The van der Waals surface area contributed by atoms with Gasteiger partial charge in [0.2, 0.25) is 5.76 Å². The van der Waals surface area contributed by atoms with Gasteiger partial charge in [-0.3, -0.25) is 9.69 Å². The zero-order chi connectivity index (χ0) is 20.4. The molecule has 1 saturated heterocycles. The monoisotopic (exact) mass is 393 g/mol. The van der Waals surface area contributed by atoms with Gasteiger partial charge >= 0.3 is 12.1 Å². The first-order valence-electron chi connectivity index (χ1n) is 8.61. The lowest BCUT2D eigenvalue weighted by Gasteiger charge is -2.40. The number of ether oxygens (including phenoxy) is 1. The topological polar surface area (TPSA) is 119 Å². The number of hydrogen-bond donors (Lipinski definition) is 3. The largest absolute Gasteiger partial charge is 0.501 e. The van der Waals surface area contributed by atoms with Crippen LogP contribution in [-0.4, -0.2) is 70.0 Å². The van der Waals surface area contributed by atoms with Gasteiger partial charge in [0, 0.05) is 13.5 Å². The molecule has 1 aromatic rings. The maximum atomic E-state index is 14.1. The van der Waals surface area contributed by atoms with Crippen LogP contribution in [0.15, 0.2) is 41.8 Å². The summed E-state index contributed by atoms with van der Waals surface area (Å²) in [5, 5.41) is 21.4. The lowest BCUT2D eigenvalue weighted by atomic mass is 10.1. The van der Waals surface area contributed by atoms with Crippen LogP contribution in [0.25, 0.3) is 0 Å². The molecule has 1 aromatic carbocycles. The predicted octanol–water partition coefficient (Wildman–Crippen LogP) is 0.978. The molecule has 1 unspecified atom stereocenters. The molecule has 0 aliphatic carbocycles. The van der Waals surface area contributed by atoms with Crippen molar-refractivity contribution >= 4 is 18.0 Å². The Labute approximate surface area is 160 Å². The predicted molar refractivity (Wildman–Crippen MR) is 93.6 cm³/mol. The number of carbonyl (C=O) groups excluding carboxylic acids is 2. The number of carbonyl (C=O) groups is 3. The van der Waals surface area contributed by atoms with Crippen LogP contribution in [0.1, 0.15) is 12.0 Å². The first-order chi connectivity index (χ1) is 13.3. The van der Waals surface area contributed by atoms with E-state index in [0.29, 0.717) is 0 Å². The van der Waals surface area contributed by atoms with Crippen molar-refractivity contribution in [2.75, 3.05) is 13.6 Å². The second-order valence-electron chi connectivity index (χ2n) is 6.63. The van der Waals surface area contributed by atoms with E-state index in [1.807, 2.05) is 6.07 Å². The summed E-state index contributed by atoms with van der Waals surface area (Å²) < 4.78 is 19.4. The fourth-order valence-corrected chi connectivity index (χ4v) is 3.35. The minimum Gasteiger partial charge on any atom is -0.501 e. The van der Waals surface area contributed by atoms with E-state index in [1.54, 1.807) is 24.3 Å². The third kappa shape index (κ3) is 3.71. The summed E-state index contributed by atoms with van der Waals surface area (Å²) in [5.74, 6) is -3.41. The van der Waals surface area contributed by atoms with Crippen LogP contribution in [0.4, 0.5) is 9.18 Å². The number of hydrogen-bond acceptors (Lipinski definition) is 6. The number of amides is 2. The quantitative estimate of drug-likeness (QED) is 0.697. The Hall–Kier alpha value is -3.30. The summed E-state index contributed by atoms with van der Waals surface area (Å²) >= 11 is 0. The Morgan fingerprint density at radius 2 is 2.00 bits per heavy atom. The van der Waals surface area contributed by atoms with Crippen LogP contribution >= 0.6 is 0 Å². The molecule has 0 saturated carbocycles. The molecule has 0 aromatic heterocycles. The molecule has 150 valence electrons. The number of nitrogens with one attached hydrogen (secondary N) is 1. The van der Waals surface area contributed by atoms with Crippen molar-refractivity contribution in [3.8, 4) is 0 Å². The minimum atomic E-state index is -1.53. The van der Waals surface area contributed by atoms with Crippen LogP contribution in [-0.2, 0) is 20.9 Å². The Morgan fingerprint density at radius 3 is 2.64 bits per heavy atom. The standard InChI is InChI=1S/C18H20FN3O6/c1-21-15(20-13(17(25)26)14(23)16(21)24)12-7-11(19)8-22(12)18(27)28-9-10-5-3-2-4-6-10/h2-6,11-12,15,20,23H,7-9H2,1H3,(H,25,26)/t11-,12-,15?/m0/s1. The molecular formula is C18H20FN3O6. The maximum absolute atomic E-state index is 14.1. The second-order valence-corrected chi connectivity index (χ2v) is 6.63. The van der Waals surface area contributed by atoms with E-state index in [1.165, 1.54) is 7.05 Å². The molecule has 2 heterocycles. The third-order valence-electron chi connectivity index (χ3n) is 4.78. The lowest BCUT2D eigenvalue weighted by Crippen LogP contribution is -2.61. The number of nitrogens with zero attached hydrogens (tertiary/aromatic N) is 2. The third-order valence-corrected chi connectivity index (χ3v) is 4.78. The Kier molecular flexibility index (Phi) is 5.39. The van der Waals surface area contributed by atoms with Crippen molar-refractivity contribution < 1.29 is 33.7 Å². The number of rotatable bonds is 4. The van der Waals surface area contributed by atoms with Crippen LogP contribution in [0.2, 0.25) is 0 Å². The highest BCUT2D eigenvalue weighted by atomic mass is 19.1. The molecule has 28 heavy (non-hydrogen) atoms. The number of aliphatic hydroxyl groups is 1. The summed E-state index contributed by atoms with van der Waals surface area (Å²) in [6.07, 6.45) is -3.26. The molecule has 10 heteroatoms. The number of halogens is 1. The first kappa shape index (κ1) is 19.5. The van der Waals surface area contributed by atoms with Gasteiger partial charge in [-0.2, -0.15) is 0 Å². The molecule has 3 atom stereocenters. The summed E-state index contributed by atoms with van der Waals surface area (Å²) in [6, 6.07) is 8.08. The van der Waals surface area contributed by atoms with Crippen molar-refractivity contribution in [3.05, 3.63) is 47.4 Å². The summed E-state index contributed by atoms with van der Waals surface area (Å²) in [5.41, 5.74) is 0.0699. The Balaban J connectivity index is 1.77. The zero-order valence-electron chi connectivity index (χ0n) is 15.0. The number of likely N-dealkylation sites (N-methyl/N-ethyl adjacent to an activating group) is 1. The van der Waals surface area contributed by atoms with E-state index >= 15 is 0 Å². The fourth-order valence-electron chi connectivity index (χ4n) is 3.35. The van der Waals surface area contributed by atoms with Gasteiger partial charge in [0.05, 0.1) is 12.6 Å². The molecule has 3 N–H and O–H groups in total. The molecule has 9 nitrogen and oxygen atoms in total. The molecular weight excluding hydrogens is 373 g/mol. The fraction of sp³-hybridized carbons (Fsp3) is 0.389. The molecule has 0 bridgehead atoms. The number of alkyl halides is 1. The van der Waals surface area contributed by atoms with E-state index in [2.05, 4.69) is 5.32 Å². The van der Waals surface area contributed by atoms with Gasteiger partial charge in [0.25, 0.3) is 5.91 Å². The maximum Gasteiger partial charge on any atom is 0.410 e. The number of aliphatic hydroxyl groups excluding tert-OH is 1. The van der Waals surface area contributed by atoms with Crippen molar-refractivity contribution in [2.45, 2.75) is 31.4 Å². The Bertz CT molecular complexity index is 815. The van der Waals surface area contributed by atoms with Gasteiger partial charge in [0.1, 0.15) is 18.9 Å². The molecule has 0 spiro atoms. The molecule has 0 radical (unpaired) electrons. The SMILES string of the molecule is CN1C(=O)C(O)=C(C(=O)O)NC1[C@@H]1C[C@H](F)CN1C(=O)OCc1ccccc1. The van der Waals surface area contributed by atoms with Crippen molar-refractivity contribution in [3.63, 3.8) is 0 Å². The van der Waals surface area contributed by atoms with Crippen LogP contribution in [0.5, 0.6) is 0 Å². The number of likely N-dealkylation sites (tertiary alicyclic amines) is 1. The van der Waals surface area contributed by atoms with E-state index in [4.69, 9.17) is 4.74 Å². The number of carboxylic acids is 1. The van der Waals surface area contributed by atoms with E-state index in [-0.39, 0.29) is 19.6 Å². The highest BCUT2D eigenvalue weighted by molar-refractivity contribution is 6.01. The first-order valence-corrected chi connectivity index (χ1v) is 8.61. The summed E-state index contributed by atoms with van der Waals surface area (Å²) in [7, 11) is 1.33. The highest BCUT2D eigenvalue weighted by Crippen LogP contribution is 2.28. The average molecular weight is 393 g/mol. The van der Waals surface area contributed by atoms with Crippen molar-refractivity contribution in [1.29, 1.82) is 0 Å². The van der Waals surface area contributed by atoms with Crippen molar-refractivity contribution in [1.82, 2.24) is 15.1 Å². The zero-order valence-corrected chi connectivity index (χ0v) is 15.0. The lowest BCUT2D eigenvalue weighted by molar-refractivity contribution is -0.140. The van der Waals surface area contributed by atoms with E-state index in [9.17, 15) is 29.0 Å². The number of carboxylic acid groups (broad SMARTS) is 1. The molecule has 2 aliphatic heterocycles. The average Bonchev–Trinajstić information content (AvgIpc) is 3.06. The van der Waals surface area contributed by atoms with Crippen molar-refractivity contribution in [2.24, 2.45) is 0 Å². The Morgan fingerprint density at radius 1 is 1.32 bits per heavy atom.